The second-order valence-corrected chi connectivity index (χ2v) is 9.58. The van der Waals surface area contributed by atoms with Crippen molar-refractivity contribution < 1.29 is 9.59 Å². The second-order valence-electron chi connectivity index (χ2n) is 9.14. The maximum atomic E-state index is 12.8. The number of carbonyl (C=O) groups is 2. The Bertz CT molecular complexity index is 1200. The van der Waals surface area contributed by atoms with E-state index in [-0.39, 0.29) is 17.7 Å². The molecular formula is C27H32ClN5O2. The van der Waals surface area contributed by atoms with Crippen LogP contribution in [0.25, 0.3) is 5.69 Å². The van der Waals surface area contributed by atoms with E-state index in [1.165, 1.54) is 18.1 Å². The average molecular weight is 494 g/mol. The number of aromatic nitrogens is 2. The summed E-state index contributed by atoms with van der Waals surface area (Å²) in [6, 6.07) is 15.8. The first-order valence-electron chi connectivity index (χ1n) is 12.0. The van der Waals surface area contributed by atoms with Gasteiger partial charge >= 0.3 is 0 Å². The van der Waals surface area contributed by atoms with Gasteiger partial charge in [0, 0.05) is 37.5 Å². The molecule has 8 heteroatoms. The molecule has 2 aromatic carbocycles. The third-order valence-corrected chi connectivity index (χ3v) is 6.62. The normalized spacial score (nSPS) is 14.1. The van der Waals surface area contributed by atoms with Crippen LogP contribution in [0.3, 0.4) is 0 Å². The molecule has 4 rings (SSSR count). The number of hydrogen-bond acceptors (Lipinski definition) is 4. The molecule has 1 saturated heterocycles. The third kappa shape index (κ3) is 6.03. The fourth-order valence-electron chi connectivity index (χ4n) is 4.59. The minimum Gasteiger partial charge on any atom is -0.356 e. The number of piperidine rings is 1. The van der Waals surface area contributed by atoms with Crippen molar-refractivity contribution in [2.45, 2.75) is 40.0 Å². The largest absolute Gasteiger partial charge is 0.356 e. The lowest BCUT2D eigenvalue weighted by Crippen LogP contribution is -2.41. The second kappa shape index (κ2) is 11.0. The van der Waals surface area contributed by atoms with E-state index >= 15 is 0 Å². The molecule has 2 N–H and O–H groups in total. The van der Waals surface area contributed by atoms with Gasteiger partial charge in [-0.1, -0.05) is 41.4 Å². The van der Waals surface area contributed by atoms with Crippen molar-refractivity contribution >= 4 is 34.9 Å². The van der Waals surface area contributed by atoms with E-state index in [2.05, 4.69) is 40.7 Å². The molecule has 0 aliphatic carbocycles. The fraction of sp³-hybridized carbons (Fsp3) is 0.370. The quantitative estimate of drug-likeness (QED) is 0.501. The molecule has 7 nitrogen and oxygen atoms in total. The SMILES string of the molecule is CC(=O)Nc1c(C)nn(-c2ccc(Cl)cc2)c1N1CCC(C(=O)NCCc2cccc(C)c2)CC1. The van der Waals surface area contributed by atoms with Crippen LogP contribution >= 0.6 is 11.6 Å². The Kier molecular flexibility index (Phi) is 7.76. The molecule has 3 aromatic rings. The minimum absolute atomic E-state index is 0.0269. The molecule has 0 unspecified atom stereocenters. The van der Waals surface area contributed by atoms with Crippen LogP contribution in [0.1, 0.15) is 36.6 Å². The number of carbonyl (C=O) groups excluding carboxylic acids is 2. The molecule has 1 aliphatic heterocycles. The lowest BCUT2D eigenvalue weighted by atomic mass is 9.95. The Morgan fingerprint density at radius 1 is 1.09 bits per heavy atom. The predicted molar refractivity (Wildman–Crippen MR) is 140 cm³/mol. The van der Waals surface area contributed by atoms with Crippen LogP contribution in [0.5, 0.6) is 0 Å². The van der Waals surface area contributed by atoms with E-state index in [1.807, 2.05) is 41.9 Å². The van der Waals surface area contributed by atoms with Gasteiger partial charge in [-0.15, -0.1) is 0 Å². The number of benzene rings is 2. The van der Waals surface area contributed by atoms with Gasteiger partial charge in [-0.05, 0) is 62.9 Å². The summed E-state index contributed by atoms with van der Waals surface area (Å²) < 4.78 is 1.85. The zero-order valence-corrected chi connectivity index (χ0v) is 21.2. The molecule has 2 heterocycles. The smallest absolute Gasteiger partial charge is 0.223 e. The standard InChI is InChI=1S/C27H32ClN5O2/c1-18-5-4-6-21(17-18)11-14-29-26(35)22-12-15-32(16-13-22)27-25(30-20(3)34)19(2)31-33(27)24-9-7-23(28)8-10-24/h4-10,17,22H,11-16H2,1-3H3,(H,29,35)(H,30,34). The number of amides is 2. The number of hydrogen-bond donors (Lipinski definition) is 2. The Balaban J connectivity index is 1.43. The molecular weight excluding hydrogens is 462 g/mol. The van der Waals surface area contributed by atoms with Crippen molar-refractivity contribution in [2.75, 3.05) is 29.9 Å². The molecule has 1 fully saturated rings. The van der Waals surface area contributed by atoms with Crippen molar-refractivity contribution in [3.63, 3.8) is 0 Å². The van der Waals surface area contributed by atoms with Gasteiger partial charge < -0.3 is 15.5 Å². The van der Waals surface area contributed by atoms with Crippen LogP contribution in [0.4, 0.5) is 11.5 Å². The Morgan fingerprint density at radius 2 is 1.80 bits per heavy atom. The summed E-state index contributed by atoms with van der Waals surface area (Å²) in [5, 5.41) is 11.4. The highest BCUT2D eigenvalue weighted by Gasteiger charge is 2.29. The van der Waals surface area contributed by atoms with Gasteiger partial charge in [0.05, 0.1) is 11.4 Å². The Labute approximate surface area is 211 Å². The number of anilines is 2. The summed E-state index contributed by atoms with van der Waals surface area (Å²) >= 11 is 6.08. The molecule has 35 heavy (non-hydrogen) atoms. The van der Waals surface area contributed by atoms with Crippen molar-refractivity contribution in [1.82, 2.24) is 15.1 Å². The average Bonchev–Trinajstić information content (AvgIpc) is 3.15. The van der Waals surface area contributed by atoms with Gasteiger partial charge in [0.25, 0.3) is 0 Å². The van der Waals surface area contributed by atoms with Crippen LogP contribution < -0.4 is 15.5 Å². The molecule has 0 atom stereocenters. The topological polar surface area (TPSA) is 79.3 Å². The van der Waals surface area contributed by atoms with Crippen LogP contribution in [0.2, 0.25) is 5.02 Å². The molecule has 0 saturated carbocycles. The Hall–Kier alpha value is -3.32. The number of nitrogens with one attached hydrogen (secondary N) is 2. The van der Waals surface area contributed by atoms with E-state index < -0.39 is 0 Å². The number of halogens is 1. The van der Waals surface area contributed by atoms with E-state index in [0.29, 0.717) is 30.3 Å². The van der Waals surface area contributed by atoms with Gasteiger partial charge in [0.15, 0.2) is 5.82 Å². The van der Waals surface area contributed by atoms with Crippen LogP contribution in [0, 0.1) is 19.8 Å². The lowest BCUT2D eigenvalue weighted by molar-refractivity contribution is -0.125. The highest BCUT2D eigenvalue weighted by molar-refractivity contribution is 6.30. The van der Waals surface area contributed by atoms with Crippen LogP contribution in [0.15, 0.2) is 48.5 Å². The third-order valence-electron chi connectivity index (χ3n) is 6.37. The summed E-state index contributed by atoms with van der Waals surface area (Å²) in [5.74, 6) is 0.772. The fourth-order valence-corrected chi connectivity index (χ4v) is 4.71. The van der Waals surface area contributed by atoms with Gasteiger partial charge in [-0.25, -0.2) is 4.68 Å². The van der Waals surface area contributed by atoms with Crippen molar-refractivity contribution in [3.05, 3.63) is 70.4 Å². The van der Waals surface area contributed by atoms with Crippen LogP contribution in [-0.2, 0) is 16.0 Å². The van der Waals surface area contributed by atoms with Gasteiger partial charge in [-0.3, -0.25) is 9.59 Å². The Morgan fingerprint density at radius 3 is 2.46 bits per heavy atom. The van der Waals surface area contributed by atoms with Crippen molar-refractivity contribution in [2.24, 2.45) is 5.92 Å². The predicted octanol–water partition coefficient (Wildman–Crippen LogP) is 4.68. The number of rotatable bonds is 7. The van der Waals surface area contributed by atoms with Crippen molar-refractivity contribution in [1.29, 1.82) is 0 Å². The molecule has 0 radical (unpaired) electrons. The summed E-state index contributed by atoms with van der Waals surface area (Å²) in [5.41, 5.74) is 4.76. The molecule has 1 aromatic heterocycles. The summed E-state index contributed by atoms with van der Waals surface area (Å²) in [6.07, 6.45) is 2.30. The van der Waals surface area contributed by atoms with E-state index in [4.69, 9.17) is 16.7 Å². The summed E-state index contributed by atoms with van der Waals surface area (Å²) in [4.78, 5) is 26.9. The number of nitrogens with zero attached hydrogens (tertiary/aromatic N) is 3. The van der Waals surface area contributed by atoms with Gasteiger partial charge in [-0.2, -0.15) is 5.10 Å². The molecule has 184 valence electrons. The minimum atomic E-state index is -0.145. The first-order valence-corrected chi connectivity index (χ1v) is 12.4. The lowest BCUT2D eigenvalue weighted by Gasteiger charge is -2.33. The maximum Gasteiger partial charge on any atom is 0.223 e. The molecule has 2 amide bonds. The van der Waals surface area contributed by atoms with E-state index in [0.717, 1.165) is 36.5 Å². The molecule has 1 aliphatic rings. The molecule has 0 bridgehead atoms. The highest BCUT2D eigenvalue weighted by atomic mass is 35.5. The van der Waals surface area contributed by atoms with Gasteiger partial charge in [0.2, 0.25) is 11.8 Å². The first kappa shape index (κ1) is 24.8. The van der Waals surface area contributed by atoms with Crippen molar-refractivity contribution in [3.8, 4) is 5.69 Å². The maximum absolute atomic E-state index is 12.8. The first-order chi connectivity index (χ1) is 16.8. The summed E-state index contributed by atoms with van der Waals surface area (Å²) in [6.45, 7) is 7.49. The zero-order chi connectivity index (χ0) is 24.9. The summed E-state index contributed by atoms with van der Waals surface area (Å²) in [7, 11) is 0. The van der Waals surface area contributed by atoms with Crippen LogP contribution in [-0.4, -0.2) is 41.2 Å². The zero-order valence-electron chi connectivity index (χ0n) is 20.5. The van der Waals surface area contributed by atoms with E-state index in [9.17, 15) is 9.59 Å². The molecule has 0 spiro atoms. The van der Waals surface area contributed by atoms with Gasteiger partial charge in [0.1, 0.15) is 5.69 Å². The monoisotopic (exact) mass is 493 g/mol. The highest BCUT2D eigenvalue weighted by Crippen LogP contribution is 2.35. The number of aryl methyl sites for hydroxylation is 2. The van der Waals surface area contributed by atoms with E-state index in [1.54, 1.807) is 0 Å².